The second-order valence-electron chi connectivity index (χ2n) is 4.89. The predicted molar refractivity (Wildman–Crippen MR) is 81.5 cm³/mol. The van der Waals surface area contributed by atoms with Gasteiger partial charge in [0.2, 0.25) is 0 Å². The molecule has 0 bridgehead atoms. The zero-order chi connectivity index (χ0) is 16.1. The molecule has 5 nitrogen and oxygen atoms in total. The fourth-order valence-corrected chi connectivity index (χ4v) is 2.38. The molecular formula is C16H19FN2O3. The van der Waals surface area contributed by atoms with E-state index in [0.717, 1.165) is 0 Å². The summed E-state index contributed by atoms with van der Waals surface area (Å²) < 4.78 is 20.1. The van der Waals surface area contributed by atoms with Crippen LogP contribution in [0.1, 0.15) is 30.7 Å². The van der Waals surface area contributed by atoms with Crippen LogP contribution in [0, 0.1) is 5.82 Å². The van der Waals surface area contributed by atoms with Gasteiger partial charge in [0.15, 0.2) is 0 Å². The van der Waals surface area contributed by atoms with Crippen LogP contribution in [0.4, 0.5) is 4.39 Å². The smallest absolute Gasteiger partial charge is 0.330 e. The number of hydrogen-bond acceptors (Lipinski definition) is 3. The number of nitrogens with zero attached hydrogens (tertiary/aromatic N) is 1. The maximum Gasteiger partial charge on any atom is 0.330 e. The second kappa shape index (κ2) is 7.17. The molecule has 0 amide bonds. The molecule has 0 atom stereocenters. The van der Waals surface area contributed by atoms with Crippen molar-refractivity contribution >= 4 is 0 Å². The van der Waals surface area contributed by atoms with E-state index in [9.17, 15) is 14.0 Å². The summed E-state index contributed by atoms with van der Waals surface area (Å²) in [6.07, 6.45) is 0.777. The molecular weight excluding hydrogens is 287 g/mol. The predicted octanol–water partition coefficient (Wildman–Crippen LogP) is 1.82. The van der Waals surface area contributed by atoms with E-state index >= 15 is 0 Å². The van der Waals surface area contributed by atoms with Crippen LogP contribution in [-0.2, 0) is 24.3 Å². The van der Waals surface area contributed by atoms with Crippen LogP contribution < -0.4 is 11.2 Å². The quantitative estimate of drug-likeness (QED) is 0.885. The van der Waals surface area contributed by atoms with Crippen molar-refractivity contribution in [2.45, 2.75) is 33.4 Å². The Balaban J connectivity index is 2.55. The lowest BCUT2D eigenvalue weighted by Gasteiger charge is -2.15. The molecule has 0 spiro atoms. The zero-order valence-corrected chi connectivity index (χ0v) is 12.7. The molecule has 0 saturated carbocycles. The number of H-pyrrole nitrogens is 1. The van der Waals surface area contributed by atoms with Crippen LogP contribution >= 0.6 is 0 Å². The van der Waals surface area contributed by atoms with Gasteiger partial charge in [-0.2, -0.15) is 0 Å². The molecule has 2 aromatic rings. The van der Waals surface area contributed by atoms with Gasteiger partial charge in [-0.05, 0) is 31.0 Å². The van der Waals surface area contributed by atoms with Crippen LogP contribution in [0.15, 0.2) is 33.9 Å². The summed E-state index contributed by atoms with van der Waals surface area (Å²) in [7, 11) is 0. The zero-order valence-electron chi connectivity index (χ0n) is 12.7. The number of halogens is 1. The minimum Gasteiger partial charge on any atom is -0.361 e. The van der Waals surface area contributed by atoms with Crippen molar-refractivity contribution in [1.29, 1.82) is 0 Å². The van der Waals surface area contributed by atoms with Gasteiger partial charge in [0.25, 0.3) is 5.56 Å². The van der Waals surface area contributed by atoms with Crippen molar-refractivity contribution in [3.05, 3.63) is 67.7 Å². The molecule has 6 heteroatoms. The van der Waals surface area contributed by atoms with Gasteiger partial charge >= 0.3 is 5.69 Å². The molecule has 1 aromatic carbocycles. The monoisotopic (exact) mass is 306 g/mol. The lowest BCUT2D eigenvalue weighted by Crippen LogP contribution is -2.36. The number of aromatic amines is 1. The van der Waals surface area contributed by atoms with Gasteiger partial charge in [-0.1, -0.05) is 19.1 Å². The maximum atomic E-state index is 13.4. The molecule has 1 aromatic heterocycles. The van der Waals surface area contributed by atoms with Crippen LogP contribution in [0.2, 0.25) is 0 Å². The lowest BCUT2D eigenvalue weighted by molar-refractivity contribution is 0.0822. The Labute approximate surface area is 127 Å². The summed E-state index contributed by atoms with van der Waals surface area (Å²) in [4.78, 5) is 26.3. The van der Waals surface area contributed by atoms with E-state index in [0.29, 0.717) is 36.3 Å². The molecule has 0 unspecified atom stereocenters. The van der Waals surface area contributed by atoms with Crippen LogP contribution in [0.5, 0.6) is 0 Å². The SMILES string of the molecule is CCOCn1c(Cc2cccc(F)c2)c(CC)c(=O)[nH]c1=O. The van der Waals surface area contributed by atoms with Gasteiger partial charge in [0.1, 0.15) is 12.5 Å². The Morgan fingerprint density at radius 3 is 2.68 bits per heavy atom. The van der Waals surface area contributed by atoms with Gasteiger partial charge in [0.05, 0.1) is 0 Å². The molecule has 22 heavy (non-hydrogen) atoms. The van der Waals surface area contributed by atoms with E-state index in [1.807, 2.05) is 13.8 Å². The molecule has 0 saturated heterocycles. The first kappa shape index (κ1) is 16.2. The van der Waals surface area contributed by atoms with E-state index in [1.165, 1.54) is 16.7 Å². The lowest BCUT2D eigenvalue weighted by atomic mass is 10.0. The molecule has 0 aliphatic heterocycles. The maximum absolute atomic E-state index is 13.4. The van der Waals surface area contributed by atoms with Crippen molar-refractivity contribution in [1.82, 2.24) is 9.55 Å². The van der Waals surface area contributed by atoms with Crippen molar-refractivity contribution in [3.8, 4) is 0 Å². The highest BCUT2D eigenvalue weighted by molar-refractivity contribution is 5.27. The van der Waals surface area contributed by atoms with Crippen molar-refractivity contribution in [2.24, 2.45) is 0 Å². The Bertz CT molecular complexity index is 765. The minimum absolute atomic E-state index is 0.0593. The number of nitrogens with one attached hydrogen (secondary N) is 1. The number of aromatic nitrogens is 2. The minimum atomic E-state index is -0.512. The van der Waals surface area contributed by atoms with Crippen molar-refractivity contribution in [3.63, 3.8) is 0 Å². The second-order valence-corrected chi connectivity index (χ2v) is 4.89. The van der Waals surface area contributed by atoms with Gasteiger partial charge in [-0.25, -0.2) is 9.18 Å². The summed E-state index contributed by atoms with van der Waals surface area (Å²) in [5.41, 5.74) is 0.873. The van der Waals surface area contributed by atoms with Gasteiger partial charge in [-0.15, -0.1) is 0 Å². The largest absolute Gasteiger partial charge is 0.361 e. The van der Waals surface area contributed by atoms with E-state index in [4.69, 9.17) is 4.74 Å². The number of hydrogen-bond donors (Lipinski definition) is 1. The Hall–Kier alpha value is -2.21. The highest BCUT2D eigenvalue weighted by Gasteiger charge is 2.14. The Morgan fingerprint density at radius 2 is 2.05 bits per heavy atom. The third kappa shape index (κ3) is 3.51. The fraction of sp³-hybridized carbons (Fsp3) is 0.375. The average Bonchev–Trinajstić information content (AvgIpc) is 2.47. The summed E-state index contributed by atoms with van der Waals surface area (Å²) in [6.45, 7) is 4.18. The standard InChI is InChI=1S/C16H19FN2O3/c1-3-13-14(9-11-6-5-7-12(17)8-11)19(10-22-4-2)16(21)18-15(13)20/h5-8H,3-4,9-10H2,1-2H3,(H,18,20,21). The topological polar surface area (TPSA) is 64.1 Å². The Morgan fingerprint density at radius 1 is 1.27 bits per heavy atom. The molecule has 0 aliphatic rings. The third-order valence-electron chi connectivity index (χ3n) is 3.45. The first-order valence-corrected chi connectivity index (χ1v) is 7.23. The van der Waals surface area contributed by atoms with Crippen molar-refractivity contribution < 1.29 is 9.13 Å². The molecule has 0 radical (unpaired) electrons. The summed E-state index contributed by atoms with van der Waals surface area (Å²) in [6, 6.07) is 6.12. The number of rotatable bonds is 6. The van der Waals surface area contributed by atoms with Crippen LogP contribution in [0.25, 0.3) is 0 Å². The summed E-state index contributed by atoms with van der Waals surface area (Å²) in [5, 5.41) is 0. The number of ether oxygens (including phenoxy) is 1. The highest BCUT2D eigenvalue weighted by atomic mass is 19.1. The molecule has 2 rings (SSSR count). The highest BCUT2D eigenvalue weighted by Crippen LogP contribution is 2.12. The Kier molecular flexibility index (Phi) is 5.27. The molecule has 0 aliphatic carbocycles. The van der Waals surface area contributed by atoms with E-state index in [1.54, 1.807) is 12.1 Å². The summed E-state index contributed by atoms with van der Waals surface area (Å²) in [5.74, 6) is -0.348. The van der Waals surface area contributed by atoms with Gasteiger partial charge in [0, 0.05) is 24.3 Å². The van der Waals surface area contributed by atoms with E-state index in [-0.39, 0.29) is 12.5 Å². The fourth-order valence-electron chi connectivity index (χ4n) is 2.38. The first-order chi connectivity index (χ1) is 10.6. The van der Waals surface area contributed by atoms with Gasteiger partial charge in [-0.3, -0.25) is 14.3 Å². The normalized spacial score (nSPS) is 10.9. The molecule has 1 heterocycles. The molecule has 1 N–H and O–H groups in total. The average molecular weight is 306 g/mol. The molecule has 0 fully saturated rings. The third-order valence-corrected chi connectivity index (χ3v) is 3.45. The first-order valence-electron chi connectivity index (χ1n) is 7.23. The van der Waals surface area contributed by atoms with Crippen LogP contribution in [0.3, 0.4) is 0 Å². The molecule has 118 valence electrons. The van der Waals surface area contributed by atoms with Gasteiger partial charge < -0.3 is 4.74 Å². The van der Waals surface area contributed by atoms with Crippen molar-refractivity contribution in [2.75, 3.05) is 6.61 Å². The number of benzene rings is 1. The van der Waals surface area contributed by atoms with E-state index < -0.39 is 11.2 Å². The van der Waals surface area contributed by atoms with E-state index in [2.05, 4.69) is 4.98 Å². The van der Waals surface area contributed by atoms with Crippen LogP contribution in [-0.4, -0.2) is 16.2 Å². The summed E-state index contributed by atoms with van der Waals surface area (Å²) >= 11 is 0.